The fraction of sp³-hybridized carbons (Fsp3) is 0.111. The Hall–Kier alpha value is -3.28. The molecule has 0 saturated carbocycles. The molecular formula is C18H14O6. The first-order valence-electron chi connectivity index (χ1n) is 7.21. The molecule has 3 rings (SSSR count). The lowest BCUT2D eigenvalue weighted by Gasteiger charge is -2.06. The zero-order valence-electron chi connectivity index (χ0n) is 12.6. The number of carbonyl (C=O) groups is 2. The molecule has 0 aliphatic heterocycles. The van der Waals surface area contributed by atoms with Crippen LogP contribution in [0.5, 0.6) is 0 Å². The van der Waals surface area contributed by atoms with Crippen molar-refractivity contribution in [2.75, 3.05) is 0 Å². The topological polar surface area (TPSA) is 78.9 Å². The number of esters is 2. The van der Waals surface area contributed by atoms with Gasteiger partial charge in [-0.3, -0.25) is 0 Å². The van der Waals surface area contributed by atoms with Crippen LogP contribution in [0.15, 0.2) is 69.9 Å². The Balaban J connectivity index is 1.60. The standard InChI is InChI=1S/C18H14O6/c19-17(23-11-15-6-2-8-21-15)13-4-1-5-14(10-13)18(20)24-12-16-7-3-9-22-16/h1-10H,11-12H2. The molecule has 2 heterocycles. The number of furan rings is 2. The van der Waals surface area contributed by atoms with Crippen molar-refractivity contribution in [2.24, 2.45) is 0 Å². The maximum atomic E-state index is 12.0. The summed E-state index contributed by atoms with van der Waals surface area (Å²) in [4.78, 5) is 24.1. The highest BCUT2D eigenvalue weighted by Crippen LogP contribution is 2.12. The third-order valence-corrected chi connectivity index (χ3v) is 3.19. The Bertz CT molecular complexity index is 736. The van der Waals surface area contributed by atoms with E-state index < -0.39 is 11.9 Å². The van der Waals surface area contributed by atoms with E-state index in [0.29, 0.717) is 11.5 Å². The number of ether oxygens (including phenoxy) is 2. The lowest BCUT2D eigenvalue weighted by Crippen LogP contribution is -2.09. The van der Waals surface area contributed by atoms with Crippen molar-refractivity contribution >= 4 is 11.9 Å². The van der Waals surface area contributed by atoms with Crippen molar-refractivity contribution < 1.29 is 27.9 Å². The van der Waals surface area contributed by atoms with E-state index in [1.54, 1.807) is 42.5 Å². The Morgan fingerprint density at radius 2 is 1.25 bits per heavy atom. The van der Waals surface area contributed by atoms with Crippen LogP contribution in [0, 0.1) is 0 Å². The number of carbonyl (C=O) groups excluding carboxylic acids is 2. The predicted octanol–water partition coefficient (Wildman–Crippen LogP) is 3.59. The summed E-state index contributed by atoms with van der Waals surface area (Å²) in [5, 5.41) is 0. The van der Waals surface area contributed by atoms with Crippen LogP contribution in [0.3, 0.4) is 0 Å². The van der Waals surface area contributed by atoms with Gasteiger partial charge in [-0.25, -0.2) is 9.59 Å². The van der Waals surface area contributed by atoms with Gasteiger partial charge in [0.15, 0.2) is 0 Å². The van der Waals surface area contributed by atoms with Crippen LogP contribution in [0.2, 0.25) is 0 Å². The summed E-state index contributed by atoms with van der Waals surface area (Å²) in [5.41, 5.74) is 0.517. The molecule has 6 nitrogen and oxygen atoms in total. The normalized spacial score (nSPS) is 10.3. The van der Waals surface area contributed by atoms with Crippen molar-refractivity contribution in [3.05, 3.63) is 83.7 Å². The SMILES string of the molecule is O=C(OCc1ccco1)c1cccc(C(=O)OCc2ccco2)c1. The molecule has 0 fully saturated rings. The van der Waals surface area contributed by atoms with Gasteiger partial charge in [0.05, 0.1) is 23.7 Å². The third kappa shape index (κ3) is 3.92. The zero-order valence-corrected chi connectivity index (χ0v) is 12.6. The van der Waals surface area contributed by atoms with E-state index in [0.717, 1.165) is 0 Å². The summed E-state index contributed by atoms with van der Waals surface area (Å²) >= 11 is 0. The maximum Gasteiger partial charge on any atom is 0.338 e. The monoisotopic (exact) mass is 326 g/mol. The van der Waals surface area contributed by atoms with Crippen LogP contribution < -0.4 is 0 Å². The quantitative estimate of drug-likeness (QED) is 0.644. The van der Waals surface area contributed by atoms with Gasteiger partial charge in [0.2, 0.25) is 0 Å². The average molecular weight is 326 g/mol. The van der Waals surface area contributed by atoms with Gasteiger partial charge in [-0.1, -0.05) is 6.07 Å². The molecule has 3 aromatic rings. The summed E-state index contributed by atoms with van der Waals surface area (Å²) in [6.07, 6.45) is 3.00. The number of benzene rings is 1. The molecule has 1 aromatic carbocycles. The molecule has 0 amide bonds. The van der Waals surface area contributed by atoms with Gasteiger partial charge in [-0.15, -0.1) is 0 Å². The Labute approximate surface area is 137 Å². The lowest BCUT2D eigenvalue weighted by atomic mass is 10.1. The van der Waals surface area contributed by atoms with E-state index in [2.05, 4.69) is 0 Å². The van der Waals surface area contributed by atoms with Crippen molar-refractivity contribution in [1.82, 2.24) is 0 Å². The molecule has 0 spiro atoms. The van der Waals surface area contributed by atoms with Gasteiger partial charge < -0.3 is 18.3 Å². The molecular weight excluding hydrogens is 312 g/mol. The first-order chi connectivity index (χ1) is 11.7. The van der Waals surface area contributed by atoms with E-state index in [1.165, 1.54) is 18.6 Å². The first kappa shape index (κ1) is 15.6. The van der Waals surface area contributed by atoms with E-state index in [4.69, 9.17) is 18.3 Å². The van der Waals surface area contributed by atoms with Crippen LogP contribution in [-0.2, 0) is 22.7 Å². The molecule has 0 atom stereocenters. The minimum absolute atomic E-state index is 0.0268. The minimum atomic E-state index is -0.549. The van der Waals surface area contributed by atoms with Gasteiger partial charge in [-0.05, 0) is 42.5 Å². The van der Waals surface area contributed by atoms with Gasteiger partial charge in [0, 0.05) is 0 Å². The molecule has 0 saturated heterocycles. The molecule has 122 valence electrons. The summed E-state index contributed by atoms with van der Waals surface area (Å²) < 4.78 is 20.4. The molecule has 0 aliphatic rings. The smallest absolute Gasteiger partial charge is 0.338 e. The van der Waals surface area contributed by atoms with Gasteiger partial charge in [-0.2, -0.15) is 0 Å². The molecule has 0 bridgehead atoms. The first-order valence-corrected chi connectivity index (χ1v) is 7.21. The zero-order chi connectivity index (χ0) is 16.8. The number of rotatable bonds is 6. The molecule has 2 aromatic heterocycles. The summed E-state index contributed by atoms with van der Waals surface area (Å²) in [5.74, 6) is -0.0195. The summed E-state index contributed by atoms with van der Waals surface area (Å²) in [6, 6.07) is 13.0. The van der Waals surface area contributed by atoms with Crippen molar-refractivity contribution in [3.8, 4) is 0 Å². The highest BCUT2D eigenvalue weighted by atomic mass is 16.5. The summed E-state index contributed by atoms with van der Waals surface area (Å²) in [7, 11) is 0. The van der Waals surface area contributed by atoms with Gasteiger partial charge in [0.25, 0.3) is 0 Å². The Morgan fingerprint density at radius 3 is 1.67 bits per heavy atom. The van der Waals surface area contributed by atoms with Gasteiger partial charge >= 0.3 is 11.9 Å². The second kappa shape index (κ2) is 7.32. The van der Waals surface area contributed by atoms with E-state index in [1.807, 2.05) is 0 Å². The molecule has 0 aliphatic carbocycles. The van der Waals surface area contributed by atoms with Crippen LogP contribution >= 0.6 is 0 Å². The average Bonchev–Trinajstić information content (AvgIpc) is 3.31. The van der Waals surface area contributed by atoms with Crippen LogP contribution in [-0.4, -0.2) is 11.9 Å². The minimum Gasteiger partial charge on any atom is -0.466 e. The highest BCUT2D eigenvalue weighted by molar-refractivity contribution is 5.95. The number of hydrogen-bond donors (Lipinski definition) is 0. The Morgan fingerprint density at radius 1 is 0.750 bits per heavy atom. The third-order valence-electron chi connectivity index (χ3n) is 3.19. The second-order valence-electron chi connectivity index (χ2n) is 4.89. The van der Waals surface area contributed by atoms with Crippen molar-refractivity contribution in [3.63, 3.8) is 0 Å². The van der Waals surface area contributed by atoms with E-state index in [9.17, 15) is 9.59 Å². The molecule has 0 radical (unpaired) electrons. The van der Waals surface area contributed by atoms with Crippen LogP contribution in [0.25, 0.3) is 0 Å². The molecule has 6 heteroatoms. The fourth-order valence-electron chi connectivity index (χ4n) is 2.00. The highest BCUT2D eigenvalue weighted by Gasteiger charge is 2.13. The van der Waals surface area contributed by atoms with Crippen molar-refractivity contribution in [1.29, 1.82) is 0 Å². The molecule has 24 heavy (non-hydrogen) atoms. The molecule has 0 unspecified atom stereocenters. The number of hydrogen-bond acceptors (Lipinski definition) is 6. The maximum absolute atomic E-state index is 12.0. The van der Waals surface area contributed by atoms with Crippen LogP contribution in [0.4, 0.5) is 0 Å². The Kier molecular flexibility index (Phi) is 4.76. The van der Waals surface area contributed by atoms with Crippen LogP contribution in [0.1, 0.15) is 32.2 Å². The molecule has 0 N–H and O–H groups in total. The lowest BCUT2D eigenvalue weighted by molar-refractivity contribution is 0.0442. The predicted molar refractivity (Wildman–Crippen MR) is 82.1 cm³/mol. The summed E-state index contributed by atoms with van der Waals surface area (Å²) in [6.45, 7) is 0.0536. The van der Waals surface area contributed by atoms with E-state index >= 15 is 0 Å². The van der Waals surface area contributed by atoms with Crippen molar-refractivity contribution in [2.45, 2.75) is 13.2 Å². The van der Waals surface area contributed by atoms with E-state index in [-0.39, 0.29) is 24.3 Å². The second-order valence-corrected chi connectivity index (χ2v) is 4.89. The largest absolute Gasteiger partial charge is 0.466 e. The fourth-order valence-corrected chi connectivity index (χ4v) is 2.00. The van der Waals surface area contributed by atoms with Gasteiger partial charge in [0.1, 0.15) is 24.7 Å².